The number of carbonyl (C=O) groups excluding carboxylic acids is 1. The Morgan fingerprint density at radius 1 is 1.21 bits per heavy atom. The number of nitrogens with zero attached hydrogens (tertiary/aromatic N) is 5. The molecule has 29 heavy (non-hydrogen) atoms. The summed E-state index contributed by atoms with van der Waals surface area (Å²) in [6, 6.07) is 6.44. The number of hydrogen-bond donors (Lipinski definition) is 0. The smallest absolute Gasteiger partial charge is 0.230 e. The fourth-order valence-corrected chi connectivity index (χ4v) is 4.18. The first kappa shape index (κ1) is 18.3. The molecule has 152 valence electrons. The van der Waals surface area contributed by atoms with Crippen LogP contribution in [0.15, 0.2) is 28.9 Å². The van der Waals surface area contributed by atoms with Gasteiger partial charge >= 0.3 is 0 Å². The standard InChI is InChI=1S/C22H27N5O2/c1-14(2)27-19-12-17(5-6-18(19)13-23-27)21-24-22(29-25-21)16-7-9-26(10-8-16)20(28)11-15-3-4-15/h5-6,12-16H,3-4,7-11H2,1-2H3. The van der Waals surface area contributed by atoms with Crippen LogP contribution in [0.3, 0.4) is 0 Å². The molecule has 1 saturated heterocycles. The summed E-state index contributed by atoms with van der Waals surface area (Å²) in [6.07, 6.45) is 6.83. The summed E-state index contributed by atoms with van der Waals surface area (Å²) < 4.78 is 7.62. The lowest BCUT2D eigenvalue weighted by Crippen LogP contribution is -2.38. The van der Waals surface area contributed by atoms with Crippen LogP contribution in [0.4, 0.5) is 0 Å². The molecule has 0 atom stereocenters. The van der Waals surface area contributed by atoms with Crippen LogP contribution in [0.1, 0.15) is 63.8 Å². The molecule has 0 spiro atoms. The molecule has 2 aromatic heterocycles. The minimum absolute atomic E-state index is 0.228. The molecule has 7 nitrogen and oxygen atoms in total. The van der Waals surface area contributed by atoms with E-state index >= 15 is 0 Å². The summed E-state index contributed by atoms with van der Waals surface area (Å²) in [5.41, 5.74) is 2.01. The van der Waals surface area contributed by atoms with Crippen molar-refractivity contribution >= 4 is 16.8 Å². The van der Waals surface area contributed by atoms with Gasteiger partial charge in [0.15, 0.2) is 0 Å². The first-order valence-corrected chi connectivity index (χ1v) is 10.7. The zero-order valence-corrected chi connectivity index (χ0v) is 17.0. The van der Waals surface area contributed by atoms with Gasteiger partial charge in [-0.15, -0.1) is 0 Å². The Balaban J connectivity index is 1.29. The molecule has 1 aliphatic heterocycles. The average molecular weight is 393 g/mol. The second-order valence-electron chi connectivity index (χ2n) is 8.72. The number of aromatic nitrogens is 4. The summed E-state index contributed by atoms with van der Waals surface area (Å²) in [5.74, 6) is 2.49. The second-order valence-corrected chi connectivity index (χ2v) is 8.72. The lowest BCUT2D eigenvalue weighted by Gasteiger charge is -2.30. The monoisotopic (exact) mass is 393 g/mol. The van der Waals surface area contributed by atoms with Crippen molar-refractivity contribution in [3.8, 4) is 11.4 Å². The van der Waals surface area contributed by atoms with E-state index in [0.717, 1.165) is 48.8 Å². The lowest BCUT2D eigenvalue weighted by atomic mass is 9.96. The number of carbonyl (C=O) groups is 1. The molecule has 0 bridgehead atoms. The highest BCUT2D eigenvalue weighted by atomic mass is 16.5. The van der Waals surface area contributed by atoms with Crippen LogP contribution in [0, 0.1) is 5.92 Å². The molecular weight excluding hydrogens is 366 g/mol. The summed E-state index contributed by atoms with van der Waals surface area (Å²) in [7, 11) is 0. The number of piperidine rings is 1. The van der Waals surface area contributed by atoms with Crippen molar-refractivity contribution in [2.75, 3.05) is 13.1 Å². The SMILES string of the molecule is CC(C)n1ncc2ccc(-c3noc(C4CCN(C(=O)CC5CC5)CC4)n3)cc21. The lowest BCUT2D eigenvalue weighted by molar-refractivity contribution is -0.132. The molecule has 1 amide bonds. The molecule has 7 heteroatoms. The molecule has 5 rings (SSSR count). The second kappa shape index (κ2) is 7.28. The van der Waals surface area contributed by atoms with Gasteiger partial charge in [-0.25, -0.2) is 0 Å². The molecule has 1 aliphatic carbocycles. The van der Waals surface area contributed by atoms with Crippen LogP contribution in [-0.2, 0) is 4.79 Å². The van der Waals surface area contributed by atoms with E-state index in [1.54, 1.807) is 0 Å². The molecule has 1 aromatic carbocycles. The Morgan fingerprint density at radius 3 is 2.72 bits per heavy atom. The van der Waals surface area contributed by atoms with E-state index in [1.807, 2.05) is 21.8 Å². The van der Waals surface area contributed by atoms with Crippen LogP contribution >= 0.6 is 0 Å². The predicted molar refractivity (Wildman–Crippen MR) is 109 cm³/mol. The third-order valence-electron chi connectivity index (χ3n) is 6.14. The van der Waals surface area contributed by atoms with Gasteiger partial charge in [0.1, 0.15) is 0 Å². The Bertz CT molecular complexity index is 1020. The Kier molecular flexibility index (Phi) is 4.60. The molecule has 3 aromatic rings. The summed E-state index contributed by atoms with van der Waals surface area (Å²) >= 11 is 0. The Hall–Kier alpha value is -2.70. The van der Waals surface area contributed by atoms with Crippen LogP contribution in [0.2, 0.25) is 0 Å². The van der Waals surface area contributed by atoms with E-state index in [-0.39, 0.29) is 12.0 Å². The minimum Gasteiger partial charge on any atom is -0.343 e. The molecule has 2 aliphatic rings. The highest BCUT2D eigenvalue weighted by Crippen LogP contribution is 2.34. The number of fused-ring (bicyclic) bond motifs is 1. The number of likely N-dealkylation sites (tertiary alicyclic amines) is 1. The van der Waals surface area contributed by atoms with Crippen LogP contribution in [0.25, 0.3) is 22.3 Å². The number of hydrogen-bond acceptors (Lipinski definition) is 5. The van der Waals surface area contributed by atoms with Crippen molar-refractivity contribution in [3.05, 3.63) is 30.3 Å². The van der Waals surface area contributed by atoms with E-state index in [0.29, 0.717) is 23.5 Å². The highest BCUT2D eigenvalue weighted by Gasteiger charge is 2.31. The summed E-state index contributed by atoms with van der Waals surface area (Å²) in [6.45, 7) is 5.81. The number of benzene rings is 1. The van der Waals surface area contributed by atoms with Gasteiger partial charge in [0, 0.05) is 42.4 Å². The maximum Gasteiger partial charge on any atom is 0.230 e. The van der Waals surface area contributed by atoms with Gasteiger partial charge in [-0.05, 0) is 51.5 Å². The molecule has 2 fully saturated rings. The largest absolute Gasteiger partial charge is 0.343 e. The fourth-order valence-electron chi connectivity index (χ4n) is 4.18. The summed E-state index contributed by atoms with van der Waals surface area (Å²) in [5, 5.41) is 9.81. The molecule has 0 radical (unpaired) electrons. The van der Waals surface area contributed by atoms with Gasteiger partial charge in [-0.2, -0.15) is 10.1 Å². The Labute approximate surface area is 170 Å². The van der Waals surface area contributed by atoms with E-state index < -0.39 is 0 Å². The van der Waals surface area contributed by atoms with E-state index in [9.17, 15) is 4.79 Å². The maximum atomic E-state index is 12.3. The van der Waals surface area contributed by atoms with Gasteiger partial charge < -0.3 is 9.42 Å². The van der Waals surface area contributed by atoms with Crippen molar-refractivity contribution in [2.24, 2.45) is 5.92 Å². The van der Waals surface area contributed by atoms with E-state index in [2.05, 4.69) is 41.2 Å². The van der Waals surface area contributed by atoms with Crippen molar-refractivity contribution in [3.63, 3.8) is 0 Å². The topological polar surface area (TPSA) is 77.0 Å². The van der Waals surface area contributed by atoms with Gasteiger partial charge in [0.25, 0.3) is 0 Å². The van der Waals surface area contributed by atoms with Crippen LogP contribution in [0.5, 0.6) is 0 Å². The normalized spacial score (nSPS) is 18.1. The molecule has 1 saturated carbocycles. The van der Waals surface area contributed by atoms with Crippen molar-refractivity contribution in [1.29, 1.82) is 0 Å². The minimum atomic E-state index is 0.228. The average Bonchev–Trinajstić information content (AvgIpc) is 3.24. The Morgan fingerprint density at radius 2 is 2.00 bits per heavy atom. The number of rotatable bonds is 5. The highest BCUT2D eigenvalue weighted by molar-refractivity contribution is 5.83. The first-order chi connectivity index (χ1) is 14.1. The first-order valence-electron chi connectivity index (χ1n) is 10.7. The van der Waals surface area contributed by atoms with Crippen LogP contribution < -0.4 is 0 Å². The van der Waals surface area contributed by atoms with Gasteiger partial charge in [-0.1, -0.05) is 17.3 Å². The van der Waals surface area contributed by atoms with Crippen molar-refractivity contribution in [2.45, 2.75) is 57.9 Å². The molecular formula is C22H27N5O2. The van der Waals surface area contributed by atoms with E-state index in [4.69, 9.17) is 4.52 Å². The molecule has 3 heterocycles. The fraction of sp³-hybridized carbons (Fsp3) is 0.545. The quantitative estimate of drug-likeness (QED) is 0.650. The summed E-state index contributed by atoms with van der Waals surface area (Å²) in [4.78, 5) is 19.0. The number of amides is 1. The maximum absolute atomic E-state index is 12.3. The van der Waals surface area contributed by atoms with E-state index in [1.165, 1.54) is 12.8 Å². The van der Waals surface area contributed by atoms with Crippen molar-refractivity contribution in [1.82, 2.24) is 24.8 Å². The van der Waals surface area contributed by atoms with Gasteiger partial charge in [0.2, 0.25) is 17.6 Å². The third-order valence-corrected chi connectivity index (χ3v) is 6.14. The zero-order valence-electron chi connectivity index (χ0n) is 17.0. The molecule has 0 N–H and O–H groups in total. The van der Waals surface area contributed by atoms with Gasteiger partial charge in [0.05, 0.1) is 11.7 Å². The predicted octanol–water partition coefficient (Wildman–Crippen LogP) is 4.17. The van der Waals surface area contributed by atoms with Gasteiger partial charge in [-0.3, -0.25) is 9.48 Å². The zero-order chi connectivity index (χ0) is 20.0. The van der Waals surface area contributed by atoms with Crippen molar-refractivity contribution < 1.29 is 9.32 Å². The third kappa shape index (κ3) is 3.66. The van der Waals surface area contributed by atoms with Crippen LogP contribution in [-0.4, -0.2) is 43.8 Å². The molecule has 0 unspecified atom stereocenters.